The van der Waals surface area contributed by atoms with Crippen molar-refractivity contribution in [3.8, 4) is 0 Å². The highest BCUT2D eigenvalue weighted by Gasteiger charge is 2.34. The average molecular weight is 309 g/mol. The Morgan fingerprint density at radius 1 is 1.10 bits per heavy atom. The molecule has 5 nitrogen and oxygen atoms in total. The number of sulfonamides is 1. The quantitative estimate of drug-likeness (QED) is 0.818. The summed E-state index contributed by atoms with van der Waals surface area (Å²) in [5, 5.41) is 5.25. The van der Waals surface area contributed by atoms with Crippen molar-refractivity contribution in [3.63, 3.8) is 0 Å². The standard InChI is InChI=1S/C15H23N3O2S/c16-13-8-7-12(21(17,19)20)10-15(13)18-9-3-5-11-4-1-2-6-14(11)18/h7-8,10-11,14H,1-6,9,16H2,(H2,17,19,20). The Hall–Kier alpha value is -1.27. The fraction of sp³-hybridized carbons (Fsp3) is 0.600. The van der Waals surface area contributed by atoms with Crippen molar-refractivity contribution in [2.75, 3.05) is 17.2 Å². The average Bonchev–Trinajstić information content (AvgIpc) is 2.46. The van der Waals surface area contributed by atoms with E-state index in [-0.39, 0.29) is 4.90 Å². The number of nitrogens with two attached hydrogens (primary N) is 2. The zero-order valence-electron chi connectivity index (χ0n) is 12.2. The lowest BCUT2D eigenvalue weighted by Crippen LogP contribution is -2.47. The predicted molar refractivity (Wildman–Crippen MR) is 84.6 cm³/mol. The van der Waals surface area contributed by atoms with Crippen molar-refractivity contribution in [2.45, 2.75) is 49.5 Å². The second-order valence-electron chi connectivity index (χ2n) is 6.21. The molecule has 1 aromatic carbocycles. The number of nitrogen functional groups attached to an aromatic ring is 1. The third-order valence-electron chi connectivity index (χ3n) is 4.88. The summed E-state index contributed by atoms with van der Waals surface area (Å²) in [4.78, 5) is 2.46. The molecule has 1 aromatic rings. The van der Waals surface area contributed by atoms with Crippen LogP contribution in [-0.4, -0.2) is 21.0 Å². The minimum absolute atomic E-state index is 0.143. The summed E-state index contributed by atoms with van der Waals surface area (Å²) in [6.45, 7) is 0.944. The van der Waals surface area contributed by atoms with Gasteiger partial charge in [0.2, 0.25) is 10.0 Å². The van der Waals surface area contributed by atoms with Crippen LogP contribution in [0.1, 0.15) is 38.5 Å². The van der Waals surface area contributed by atoms with E-state index in [0.717, 1.165) is 18.7 Å². The number of rotatable bonds is 2. The SMILES string of the molecule is Nc1ccc(S(N)(=O)=O)cc1N1CCCC2CCCCC21. The third kappa shape index (κ3) is 2.87. The first-order valence-corrected chi connectivity index (χ1v) is 9.20. The molecule has 6 heteroatoms. The van der Waals surface area contributed by atoms with Crippen LogP contribution in [0.25, 0.3) is 0 Å². The number of piperidine rings is 1. The first-order chi connectivity index (χ1) is 9.97. The molecular weight excluding hydrogens is 286 g/mol. The van der Waals surface area contributed by atoms with Crippen LogP contribution in [0, 0.1) is 5.92 Å². The normalized spacial score (nSPS) is 26.4. The van der Waals surface area contributed by atoms with Crippen LogP contribution in [0.2, 0.25) is 0 Å². The Morgan fingerprint density at radius 3 is 2.57 bits per heavy atom. The molecule has 1 saturated carbocycles. The maximum absolute atomic E-state index is 11.6. The highest BCUT2D eigenvalue weighted by Crippen LogP contribution is 2.40. The van der Waals surface area contributed by atoms with Gasteiger partial charge in [0, 0.05) is 12.6 Å². The Morgan fingerprint density at radius 2 is 1.81 bits per heavy atom. The summed E-state index contributed by atoms with van der Waals surface area (Å²) in [6, 6.07) is 5.27. The molecule has 0 radical (unpaired) electrons. The largest absolute Gasteiger partial charge is 0.397 e. The highest BCUT2D eigenvalue weighted by atomic mass is 32.2. The second kappa shape index (κ2) is 5.50. The molecule has 1 aliphatic carbocycles. The number of hydrogen-bond acceptors (Lipinski definition) is 4. The molecule has 1 heterocycles. The number of hydrogen-bond donors (Lipinski definition) is 2. The molecule has 0 amide bonds. The fourth-order valence-electron chi connectivity index (χ4n) is 3.87. The van der Waals surface area contributed by atoms with Crippen molar-refractivity contribution in [1.29, 1.82) is 0 Å². The maximum Gasteiger partial charge on any atom is 0.238 e. The number of nitrogens with zero attached hydrogens (tertiary/aromatic N) is 1. The summed E-state index contributed by atoms with van der Waals surface area (Å²) >= 11 is 0. The van der Waals surface area contributed by atoms with Gasteiger partial charge in [-0.15, -0.1) is 0 Å². The van der Waals surface area contributed by atoms with E-state index in [2.05, 4.69) is 4.90 Å². The van der Waals surface area contributed by atoms with Crippen LogP contribution in [0.15, 0.2) is 23.1 Å². The van der Waals surface area contributed by atoms with Crippen LogP contribution < -0.4 is 15.8 Å². The van der Waals surface area contributed by atoms with Gasteiger partial charge in [-0.05, 0) is 49.8 Å². The molecule has 4 N–H and O–H groups in total. The van der Waals surface area contributed by atoms with Crippen LogP contribution in [0.5, 0.6) is 0 Å². The van der Waals surface area contributed by atoms with E-state index < -0.39 is 10.0 Å². The molecule has 2 aliphatic rings. The molecule has 0 bridgehead atoms. The minimum atomic E-state index is -3.69. The van der Waals surface area contributed by atoms with E-state index >= 15 is 0 Å². The van der Waals surface area contributed by atoms with Gasteiger partial charge in [-0.1, -0.05) is 12.8 Å². The van der Waals surface area contributed by atoms with Crippen molar-refractivity contribution in [1.82, 2.24) is 0 Å². The topological polar surface area (TPSA) is 89.4 Å². The molecule has 116 valence electrons. The predicted octanol–water partition coefficient (Wildman–Crippen LogP) is 2.08. The van der Waals surface area contributed by atoms with Gasteiger partial charge in [0.15, 0.2) is 0 Å². The first-order valence-electron chi connectivity index (χ1n) is 7.66. The van der Waals surface area contributed by atoms with Crippen LogP contribution in [0.4, 0.5) is 11.4 Å². The maximum atomic E-state index is 11.6. The lowest BCUT2D eigenvalue weighted by Gasteiger charge is -2.45. The summed E-state index contributed by atoms with van der Waals surface area (Å²) in [5.41, 5.74) is 7.57. The van der Waals surface area contributed by atoms with Gasteiger partial charge in [-0.25, -0.2) is 13.6 Å². The Kier molecular flexibility index (Phi) is 3.84. The zero-order valence-corrected chi connectivity index (χ0v) is 13.0. The van der Waals surface area contributed by atoms with E-state index in [1.54, 1.807) is 12.1 Å². The van der Waals surface area contributed by atoms with Crippen molar-refractivity contribution < 1.29 is 8.42 Å². The molecule has 2 fully saturated rings. The smallest absolute Gasteiger partial charge is 0.238 e. The van der Waals surface area contributed by atoms with Crippen molar-refractivity contribution in [3.05, 3.63) is 18.2 Å². The fourth-order valence-corrected chi connectivity index (χ4v) is 4.41. The lowest BCUT2D eigenvalue weighted by molar-refractivity contribution is 0.244. The number of fused-ring (bicyclic) bond motifs is 1. The van der Waals surface area contributed by atoms with E-state index in [1.165, 1.54) is 38.2 Å². The molecule has 1 aliphatic heterocycles. The van der Waals surface area contributed by atoms with Crippen LogP contribution >= 0.6 is 0 Å². The van der Waals surface area contributed by atoms with Gasteiger partial charge in [-0.3, -0.25) is 0 Å². The molecule has 2 unspecified atom stereocenters. The molecule has 1 saturated heterocycles. The number of benzene rings is 1. The molecule has 3 rings (SSSR count). The van der Waals surface area contributed by atoms with Gasteiger partial charge in [0.25, 0.3) is 0 Å². The van der Waals surface area contributed by atoms with E-state index in [1.807, 2.05) is 0 Å². The van der Waals surface area contributed by atoms with E-state index in [4.69, 9.17) is 10.9 Å². The monoisotopic (exact) mass is 309 g/mol. The van der Waals surface area contributed by atoms with Gasteiger partial charge < -0.3 is 10.6 Å². The number of primary sulfonamides is 1. The Balaban J connectivity index is 1.98. The number of anilines is 2. The molecule has 2 atom stereocenters. The van der Waals surface area contributed by atoms with Crippen LogP contribution in [-0.2, 0) is 10.0 Å². The van der Waals surface area contributed by atoms with Crippen molar-refractivity contribution >= 4 is 21.4 Å². The van der Waals surface area contributed by atoms with Crippen LogP contribution in [0.3, 0.4) is 0 Å². The molecule has 0 aromatic heterocycles. The first kappa shape index (κ1) is 14.7. The highest BCUT2D eigenvalue weighted by molar-refractivity contribution is 7.89. The molecular formula is C15H23N3O2S. The second-order valence-corrected chi connectivity index (χ2v) is 7.77. The van der Waals surface area contributed by atoms with E-state index in [9.17, 15) is 8.42 Å². The lowest BCUT2D eigenvalue weighted by atomic mass is 9.78. The Bertz CT molecular complexity index is 628. The zero-order chi connectivity index (χ0) is 15.0. The summed E-state index contributed by atoms with van der Waals surface area (Å²) in [7, 11) is -3.69. The van der Waals surface area contributed by atoms with Gasteiger partial charge in [0.1, 0.15) is 0 Å². The van der Waals surface area contributed by atoms with Crippen molar-refractivity contribution in [2.24, 2.45) is 11.1 Å². The summed E-state index contributed by atoms with van der Waals surface area (Å²) in [5.74, 6) is 0.713. The van der Waals surface area contributed by atoms with Gasteiger partial charge >= 0.3 is 0 Å². The molecule has 21 heavy (non-hydrogen) atoms. The minimum Gasteiger partial charge on any atom is -0.397 e. The summed E-state index contributed by atoms with van der Waals surface area (Å²) < 4.78 is 23.2. The van der Waals surface area contributed by atoms with Gasteiger partial charge in [0.05, 0.1) is 16.3 Å². The van der Waals surface area contributed by atoms with E-state index in [0.29, 0.717) is 17.6 Å². The van der Waals surface area contributed by atoms with Gasteiger partial charge in [-0.2, -0.15) is 0 Å². The molecule has 0 spiro atoms. The third-order valence-corrected chi connectivity index (χ3v) is 5.79. The Labute approximate surface area is 126 Å². The summed E-state index contributed by atoms with van der Waals surface area (Å²) in [6.07, 6.45) is 7.41.